The van der Waals surface area contributed by atoms with Crippen molar-refractivity contribution in [2.24, 2.45) is 0 Å². The van der Waals surface area contributed by atoms with Gasteiger partial charge in [0.2, 0.25) is 0 Å². The molecule has 5 nitrogen and oxygen atoms in total. The van der Waals surface area contributed by atoms with Crippen molar-refractivity contribution in [3.63, 3.8) is 0 Å². The van der Waals surface area contributed by atoms with Crippen molar-refractivity contribution in [2.45, 2.75) is 19.9 Å². The van der Waals surface area contributed by atoms with Gasteiger partial charge in [0.05, 0.1) is 26.2 Å². The number of rotatable bonds is 6. The number of fused-ring (bicyclic) bond motifs is 1. The molecule has 0 aliphatic carbocycles. The zero-order valence-electron chi connectivity index (χ0n) is 14.7. The Labute approximate surface area is 149 Å². The van der Waals surface area contributed by atoms with Crippen LogP contribution >= 0.6 is 0 Å². The molecule has 2 aromatic rings. The largest absolute Gasteiger partial charge is 0.494 e. The van der Waals surface area contributed by atoms with Crippen molar-refractivity contribution >= 4 is 11.7 Å². The molecule has 0 spiro atoms. The summed E-state index contributed by atoms with van der Waals surface area (Å²) in [6, 6.07) is 15.9. The second-order valence-corrected chi connectivity index (χ2v) is 6.28. The minimum atomic E-state index is -0.166. The number of carbonyl (C=O) groups is 1. The molecule has 0 radical (unpaired) electrons. The predicted octanol–water partition coefficient (Wildman–Crippen LogP) is 1.85. The molecule has 1 aliphatic rings. The molecule has 2 aromatic carbocycles. The third kappa shape index (κ3) is 4.97. The van der Waals surface area contributed by atoms with E-state index in [4.69, 9.17) is 4.74 Å². The minimum Gasteiger partial charge on any atom is -0.494 e. The molecule has 3 rings (SSSR count). The number of hydrogen-bond donors (Lipinski definition) is 3. The summed E-state index contributed by atoms with van der Waals surface area (Å²) in [5, 5.41) is 5.79. The van der Waals surface area contributed by atoms with E-state index in [2.05, 4.69) is 34.9 Å². The van der Waals surface area contributed by atoms with Crippen LogP contribution < -0.4 is 20.3 Å². The second-order valence-electron chi connectivity index (χ2n) is 6.28. The highest BCUT2D eigenvalue weighted by atomic mass is 16.5. The van der Waals surface area contributed by atoms with Crippen LogP contribution in [0.1, 0.15) is 18.1 Å². The molecule has 0 aromatic heterocycles. The molecular weight excluding hydrogens is 314 g/mol. The zero-order valence-corrected chi connectivity index (χ0v) is 14.7. The first-order valence-corrected chi connectivity index (χ1v) is 8.92. The van der Waals surface area contributed by atoms with E-state index in [1.54, 1.807) is 0 Å². The number of urea groups is 1. The van der Waals surface area contributed by atoms with Crippen molar-refractivity contribution in [3.8, 4) is 5.75 Å². The first-order chi connectivity index (χ1) is 12.2. The monoisotopic (exact) mass is 340 g/mol. The lowest BCUT2D eigenvalue weighted by Gasteiger charge is -2.25. The molecule has 0 bridgehead atoms. The van der Waals surface area contributed by atoms with Gasteiger partial charge < -0.3 is 20.3 Å². The third-order valence-corrected chi connectivity index (χ3v) is 4.49. The van der Waals surface area contributed by atoms with E-state index < -0.39 is 0 Å². The molecular formula is C20H26N3O2+. The van der Waals surface area contributed by atoms with Crippen LogP contribution in [0.2, 0.25) is 0 Å². The van der Waals surface area contributed by atoms with Crippen LogP contribution in [-0.2, 0) is 13.0 Å². The maximum absolute atomic E-state index is 12.0. The van der Waals surface area contributed by atoms with Crippen molar-refractivity contribution in [1.29, 1.82) is 0 Å². The van der Waals surface area contributed by atoms with Crippen molar-refractivity contribution in [2.75, 3.05) is 31.6 Å². The lowest BCUT2D eigenvalue weighted by Crippen LogP contribution is -3.12. The van der Waals surface area contributed by atoms with E-state index in [0.717, 1.165) is 37.5 Å². The smallest absolute Gasteiger partial charge is 0.319 e. The normalized spacial score (nSPS) is 16.0. The summed E-state index contributed by atoms with van der Waals surface area (Å²) >= 11 is 0. The van der Waals surface area contributed by atoms with E-state index in [9.17, 15) is 4.79 Å². The highest BCUT2D eigenvalue weighted by Gasteiger charge is 2.18. The third-order valence-electron chi connectivity index (χ3n) is 4.49. The molecule has 5 heteroatoms. The molecule has 0 saturated carbocycles. The maximum atomic E-state index is 12.0. The number of nitrogens with one attached hydrogen (secondary N) is 3. The highest BCUT2D eigenvalue weighted by molar-refractivity contribution is 5.89. The molecule has 1 atom stereocenters. The minimum absolute atomic E-state index is 0.166. The Morgan fingerprint density at radius 1 is 1.12 bits per heavy atom. The average molecular weight is 340 g/mol. The fraction of sp³-hybridized carbons (Fsp3) is 0.350. The lowest BCUT2D eigenvalue weighted by atomic mass is 10.00. The molecule has 3 N–H and O–H groups in total. The summed E-state index contributed by atoms with van der Waals surface area (Å²) in [5.74, 6) is 0.808. The summed E-state index contributed by atoms with van der Waals surface area (Å²) in [7, 11) is 0. The number of carbonyl (C=O) groups excluding carboxylic acids is 1. The second kappa shape index (κ2) is 8.53. The number of anilines is 1. The first kappa shape index (κ1) is 17.3. The van der Waals surface area contributed by atoms with Crippen LogP contribution in [0.25, 0.3) is 0 Å². The maximum Gasteiger partial charge on any atom is 0.319 e. The van der Waals surface area contributed by atoms with Gasteiger partial charge in [0.25, 0.3) is 0 Å². The summed E-state index contributed by atoms with van der Waals surface area (Å²) in [6.07, 6.45) is 1.11. The van der Waals surface area contributed by atoms with Crippen LogP contribution in [0.3, 0.4) is 0 Å². The summed E-state index contributed by atoms with van der Waals surface area (Å²) in [6.45, 7) is 6.35. The molecule has 1 unspecified atom stereocenters. The Balaban J connectivity index is 1.39. The van der Waals surface area contributed by atoms with Gasteiger partial charge in [-0.1, -0.05) is 24.3 Å². The molecule has 1 heterocycles. The van der Waals surface area contributed by atoms with Crippen LogP contribution in [0, 0.1) is 0 Å². The number of amides is 2. The number of ether oxygens (including phenoxy) is 1. The first-order valence-electron chi connectivity index (χ1n) is 8.92. The lowest BCUT2D eigenvalue weighted by molar-refractivity contribution is -0.914. The molecule has 0 fully saturated rings. The Bertz CT molecular complexity index is 700. The van der Waals surface area contributed by atoms with Crippen LogP contribution in [0.5, 0.6) is 5.75 Å². The molecule has 0 saturated heterocycles. The van der Waals surface area contributed by atoms with Gasteiger partial charge in [-0.25, -0.2) is 4.79 Å². The number of benzene rings is 2. The summed E-state index contributed by atoms with van der Waals surface area (Å²) in [5.41, 5.74) is 3.66. The van der Waals surface area contributed by atoms with Gasteiger partial charge in [-0.05, 0) is 36.8 Å². The Kier molecular flexibility index (Phi) is 5.90. The van der Waals surface area contributed by atoms with E-state index >= 15 is 0 Å². The van der Waals surface area contributed by atoms with Crippen LogP contribution in [-0.4, -0.2) is 32.3 Å². The predicted molar refractivity (Wildman–Crippen MR) is 99.2 cm³/mol. The number of quaternary nitrogens is 1. The number of hydrogen-bond acceptors (Lipinski definition) is 2. The summed E-state index contributed by atoms with van der Waals surface area (Å²) < 4.78 is 5.39. The Hall–Kier alpha value is -2.53. The highest BCUT2D eigenvalue weighted by Crippen LogP contribution is 2.15. The standard InChI is InChI=1S/C20H25N3O2/c1-2-25-19-9-7-18(8-10-19)22-20(24)21-12-14-23-13-11-16-5-3-4-6-17(16)15-23/h3-10H,2,11-15H2,1H3,(H2,21,22,24)/p+1. The van der Waals surface area contributed by atoms with Crippen LogP contribution in [0.4, 0.5) is 10.5 Å². The molecule has 2 amide bonds. The fourth-order valence-corrected chi connectivity index (χ4v) is 3.19. The van der Waals surface area contributed by atoms with Gasteiger partial charge in [-0.2, -0.15) is 0 Å². The SMILES string of the molecule is CCOc1ccc(NC(=O)NCC[NH+]2CCc3ccccc3C2)cc1. The molecule has 1 aliphatic heterocycles. The zero-order chi connectivity index (χ0) is 17.5. The average Bonchev–Trinajstić information content (AvgIpc) is 2.63. The van der Waals surface area contributed by atoms with E-state index in [0.29, 0.717) is 13.2 Å². The quantitative estimate of drug-likeness (QED) is 0.752. The van der Waals surface area contributed by atoms with Crippen molar-refractivity contribution < 1.29 is 14.4 Å². The van der Waals surface area contributed by atoms with Crippen molar-refractivity contribution in [3.05, 3.63) is 59.7 Å². The van der Waals surface area contributed by atoms with E-state index in [1.165, 1.54) is 16.0 Å². The van der Waals surface area contributed by atoms with Gasteiger partial charge in [0.1, 0.15) is 12.3 Å². The van der Waals surface area contributed by atoms with Gasteiger partial charge in [-0.15, -0.1) is 0 Å². The van der Waals surface area contributed by atoms with Crippen molar-refractivity contribution in [1.82, 2.24) is 5.32 Å². The Morgan fingerprint density at radius 2 is 1.88 bits per heavy atom. The van der Waals surface area contributed by atoms with E-state index in [1.807, 2.05) is 31.2 Å². The van der Waals surface area contributed by atoms with Gasteiger partial charge in [-0.3, -0.25) is 0 Å². The topological polar surface area (TPSA) is 54.8 Å². The van der Waals surface area contributed by atoms with Gasteiger partial charge in [0, 0.05) is 17.7 Å². The molecule has 132 valence electrons. The summed E-state index contributed by atoms with van der Waals surface area (Å²) in [4.78, 5) is 13.5. The van der Waals surface area contributed by atoms with Gasteiger partial charge >= 0.3 is 6.03 Å². The Morgan fingerprint density at radius 3 is 2.64 bits per heavy atom. The van der Waals surface area contributed by atoms with E-state index in [-0.39, 0.29) is 6.03 Å². The van der Waals surface area contributed by atoms with Crippen LogP contribution in [0.15, 0.2) is 48.5 Å². The molecule has 25 heavy (non-hydrogen) atoms. The van der Waals surface area contributed by atoms with Gasteiger partial charge in [0.15, 0.2) is 0 Å². The fourth-order valence-electron chi connectivity index (χ4n) is 3.19.